The van der Waals surface area contributed by atoms with Crippen LogP contribution in [-0.4, -0.2) is 49.5 Å². The van der Waals surface area contributed by atoms with Gasteiger partial charge in [-0.25, -0.2) is 12.4 Å². The van der Waals surface area contributed by atoms with Gasteiger partial charge < -0.3 is 9.64 Å². The highest BCUT2D eigenvalue weighted by molar-refractivity contribution is 7.90. The predicted molar refractivity (Wildman–Crippen MR) is 102 cm³/mol. The lowest BCUT2D eigenvalue weighted by Crippen LogP contribution is -2.19. The minimum atomic E-state index is -3.86. The van der Waals surface area contributed by atoms with Crippen LogP contribution in [-0.2, 0) is 10.0 Å². The van der Waals surface area contributed by atoms with Crippen molar-refractivity contribution in [1.82, 2.24) is 8.87 Å². The van der Waals surface area contributed by atoms with Crippen LogP contribution in [0.15, 0.2) is 59.6 Å². The number of hydrogen-bond acceptors (Lipinski definition) is 6. The van der Waals surface area contributed by atoms with Gasteiger partial charge in [0.2, 0.25) is 0 Å². The third kappa shape index (κ3) is 3.79. The van der Waals surface area contributed by atoms with Crippen LogP contribution in [0.4, 0.5) is 5.69 Å². The van der Waals surface area contributed by atoms with Gasteiger partial charge >= 0.3 is 0 Å². The molecule has 8 nitrogen and oxygen atoms in total. The number of non-ortho nitro benzene ring substituents is 1. The maximum Gasteiger partial charge on any atom is 0.270 e. The fourth-order valence-electron chi connectivity index (χ4n) is 2.63. The van der Waals surface area contributed by atoms with Gasteiger partial charge in [0.25, 0.3) is 15.7 Å². The summed E-state index contributed by atoms with van der Waals surface area (Å²) >= 11 is 0. The summed E-state index contributed by atoms with van der Waals surface area (Å²) in [6, 6.07) is 12.0. The fourth-order valence-corrected chi connectivity index (χ4v) is 4.01. The second-order valence-corrected chi connectivity index (χ2v) is 8.03. The average Bonchev–Trinajstić information content (AvgIpc) is 3.01. The Hall–Kier alpha value is -2.91. The molecule has 1 heterocycles. The van der Waals surface area contributed by atoms with Gasteiger partial charge in [0.05, 0.1) is 21.5 Å². The lowest BCUT2D eigenvalue weighted by molar-refractivity contribution is -0.384. The summed E-state index contributed by atoms with van der Waals surface area (Å²) in [4.78, 5) is 12.6. The molecule has 1 aromatic heterocycles. The van der Waals surface area contributed by atoms with Gasteiger partial charge in [-0.3, -0.25) is 10.1 Å². The zero-order chi connectivity index (χ0) is 19.6. The summed E-state index contributed by atoms with van der Waals surface area (Å²) in [5.74, 6) is 0.287. The van der Waals surface area contributed by atoms with Crippen molar-refractivity contribution < 1.29 is 18.1 Å². The van der Waals surface area contributed by atoms with Gasteiger partial charge in [0.1, 0.15) is 12.4 Å². The van der Waals surface area contributed by atoms with Crippen molar-refractivity contribution in [2.24, 2.45) is 0 Å². The van der Waals surface area contributed by atoms with E-state index in [0.717, 1.165) is 3.97 Å². The first-order chi connectivity index (χ1) is 12.8. The highest BCUT2D eigenvalue weighted by Crippen LogP contribution is 2.33. The average molecular weight is 389 g/mol. The van der Waals surface area contributed by atoms with E-state index >= 15 is 0 Å². The van der Waals surface area contributed by atoms with E-state index in [1.807, 2.05) is 19.0 Å². The van der Waals surface area contributed by atoms with E-state index in [-0.39, 0.29) is 16.3 Å². The number of nitro benzene ring substituents is 1. The van der Waals surface area contributed by atoms with Crippen LogP contribution in [0.25, 0.3) is 10.9 Å². The molecule has 27 heavy (non-hydrogen) atoms. The van der Waals surface area contributed by atoms with E-state index < -0.39 is 14.9 Å². The van der Waals surface area contributed by atoms with Gasteiger partial charge in [0, 0.05) is 24.1 Å². The molecule has 142 valence electrons. The Morgan fingerprint density at radius 3 is 2.48 bits per heavy atom. The third-order valence-corrected chi connectivity index (χ3v) is 5.71. The molecule has 0 aliphatic rings. The Morgan fingerprint density at radius 1 is 1.15 bits per heavy atom. The molecule has 9 heteroatoms. The molecule has 0 fully saturated rings. The van der Waals surface area contributed by atoms with Crippen molar-refractivity contribution in [3.05, 3.63) is 64.8 Å². The predicted octanol–water partition coefficient (Wildman–Crippen LogP) is 2.73. The molecule has 0 atom stereocenters. The van der Waals surface area contributed by atoms with Crippen molar-refractivity contribution >= 4 is 26.6 Å². The van der Waals surface area contributed by atoms with Crippen LogP contribution in [0, 0.1) is 10.1 Å². The third-order valence-electron chi connectivity index (χ3n) is 4.02. The number of benzene rings is 2. The lowest BCUT2D eigenvalue weighted by Gasteiger charge is -2.10. The van der Waals surface area contributed by atoms with Gasteiger partial charge in [-0.1, -0.05) is 18.2 Å². The molecule has 0 N–H and O–H groups in total. The van der Waals surface area contributed by atoms with Crippen LogP contribution in [0.5, 0.6) is 5.75 Å². The summed E-state index contributed by atoms with van der Waals surface area (Å²) in [5.41, 5.74) is 0.194. The smallest absolute Gasteiger partial charge is 0.270 e. The summed E-state index contributed by atoms with van der Waals surface area (Å²) < 4.78 is 32.9. The van der Waals surface area contributed by atoms with Crippen LogP contribution >= 0.6 is 0 Å². The second kappa shape index (κ2) is 7.37. The van der Waals surface area contributed by atoms with E-state index in [4.69, 9.17) is 4.74 Å². The highest BCUT2D eigenvalue weighted by Gasteiger charge is 2.23. The monoisotopic (exact) mass is 389 g/mol. The number of aromatic nitrogens is 1. The normalized spacial score (nSPS) is 11.8. The molecule has 0 spiro atoms. The van der Waals surface area contributed by atoms with Gasteiger partial charge in [0.15, 0.2) is 0 Å². The van der Waals surface area contributed by atoms with Crippen LogP contribution in [0.3, 0.4) is 0 Å². The molecular weight excluding hydrogens is 370 g/mol. The van der Waals surface area contributed by atoms with Crippen molar-refractivity contribution in [1.29, 1.82) is 0 Å². The largest absolute Gasteiger partial charge is 0.490 e. The van der Waals surface area contributed by atoms with E-state index in [1.54, 1.807) is 18.2 Å². The van der Waals surface area contributed by atoms with E-state index in [0.29, 0.717) is 24.1 Å². The second-order valence-electron chi connectivity index (χ2n) is 6.22. The summed E-state index contributed by atoms with van der Waals surface area (Å²) in [6.07, 6.45) is 1.37. The van der Waals surface area contributed by atoms with E-state index in [1.165, 1.54) is 36.5 Å². The Labute approximate surface area is 156 Å². The summed E-state index contributed by atoms with van der Waals surface area (Å²) in [5, 5.41) is 11.5. The molecule has 3 aromatic rings. The molecule has 0 aliphatic carbocycles. The van der Waals surface area contributed by atoms with E-state index in [2.05, 4.69) is 0 Å². The number of nitro groups is 1. The van der Waals surface area contributed by atoms with Gasteiger partial charge in [-0.2, -0.15) is 0 Å². The molecule has 0 saturated carbocycles. The number of likely N-dealkylation sites (N-methyl/N-ethyl adjacent to an activating group) is 1. The molecule has 0 radical (unpaired) electrons. The Kier molecular flexibility index (Phi) is 5.15. The summed E-state index contributed by atoms with van der Waals surface area (Å²) in [6.45, 7) is 0.938. The molecule has 2 aromatic carbocycles. The maximum atomic E-state index is 13.0. The summed E-state index contributed by atoms with van der Waals surface area (Å²) in [7, 11) is -0.0903. The van der Waals surface area contributed by atoms with Crippen LogP contribution in [0.1, 0.15) is 0 Å². The number of rotatable bonds is 7. The fraction of sp³-hybridized carbons (Fsp3) is 0.222. The standard InChI is InChI=1S/C18H19N3O5S/c1-19(2)10-11-26-18-13-20(27(24,25)15-6-4-3-5-7-15)17-9-8-14(21(22)23)12-16(17)18/h3-9,12-13H,10-11H2,1-2H3. The van der Waals surface area contributed by atoms with Crippen LogP contribution < -0.4 is 4.74 Å². The number of fused-ring (bicyclic) bond motifs is 1. The molecular formula is C18H19N3O5S. The van der Waals surface area contributed by atoms with Crippen LogP contribution in [0.2, 0.25) is 0 Å². The Morgan fingerprint density at radius 2 is 1.85 bits per heavy atom. The number of nitrogens with zero attached hydrogens (tertiary/aromatic N) is 3. The topological polar surface area (TPSA) is 94.7 Å². The van der Waals surface area contributed by atoms with Crippen molar-refractivity contribution in [2.45, 2.75) is 4.90 Å². The Bertz CT molecular complexity index is 1080. The maximum absolute atomic E-state index is 13.0. The first-order valence-corrected chi connectivity index (χ1v) is 9.62. The first kappa shape index (κ1) is 18.9. The number of hydrogen-bond donors (Lipinski definition) is 0. The zero-order valence-electron chi connectivity index (χ0n) is 14.9. The molecule has 0 bridgehead atoms. The van der Waals surface area contributed by atoms with E-state index in [9.17, 15) is 18.5 Å². The molecule has 3 rings (SSSR count). The van der Waals surface area contributed by atoms with Crippen molar-refractivity contribution in [2.75, 3.05) is 27.2 Å². The molecule has 0 saturated heterocycles. The highest BCUT2D eigenvalue weighted by atomic mass is 32.2. The lowest BCUT2D eigenvalue weighted by atomic mass is 10.2. The molecule has 0 aliphatic heterocycles. The minimum Gasteiger partial charge on any atom is -0.490 e. The van der Waals surface area contributed by atoms with Gasteiger partial charge in [-0.05, 0) is 32.3 Å². The molecule has 0 unspecified atom stereocenters. The Balaban J connectivity index is 2.14. The quantitative estimate of drug-likeness (QED) is 0.455. The SMILES string of the molecule is CN(C)CCOc1cn(S(=O)(=O)c2ccccc2)c2ccc([N+](=O)[O-])cc12. The minimum absolute atomic E-state index is 0.125. The van der Waals surface area contributed by atoms with Crippen molar-refractivity contribution in [3.8, 4) is 5.75 Å². The van der Waals surface area contributed by atoms with Gasteiger partial charge in [-0.15, -0.1) is 0 Å². The van der Waals surface area contributed by atoms with Crippen molar-refractivity contribution in [3.63, 3.8) is 0 Å². The molecule has 0 amide bonds. The first-order valence-electron chi connectivity index (χ1n) is 8.18. The zero-order valence-corrected chi connectivity index (χ0v) is 15.7. The number of ether oxygens (including phenoxy) is 1.